The molecular formula is C27H28N2O4. The van der Waals surface area contributed by atoms with Crippen LogP contribution in [0.5, 0.6) is 0 Å². The summed E-state index contributed by atoms with van der Waals surface area (Å²) in [5.74, 6) is -0.408. The van der Waals surface area contributed by atoms with Crippen molar-refractivity contribution >= 4 is 22.9 Å². The molecule has 5 rings (SSSR count). The van der Waals surface area contributed by atoms with Gasteiger partial charge in [-0.25, -0.2) is 4.79 Å². The second kappa shape index (κ2) is 8.98. The highest BCUT2D eigenvalue weighted by Crippen LogP contribution is 2.44. The third-order valence-corrected chi connectivity index (χ3v) is 6.72. The maximum Gasteiger partial charge on any atom is 0.330 e. The van der Waals surface area contributed by atoms with Crippen LogP contribution in [0.2, 0.25) is 0 Å². The number of rotatable bonds is 6. The topological polar surface area (TPSA) is 74.9 Å². The highest BCUT2D eigenvalue weighted by molar-refractivity contribution is 5.87. The molecule has 2 aliphatic heterocycles. The van der Waals surface area contributed by atoms with Crippen LogP contribution in [0, 0.1) is 0 Å². The molecule has 170 valence electrons. The molecule has 6 nitrogen and oxygen atoms in total. The minimum Gasteiger partial charge on any atom is -0.461 e. The van der Waals surface area contributed by atoms with Crippen LogP contribution in [0.1, 0.15) is 22.9 Å². The van der Waals surface area contributed by atoms with E-state index in [2.05, 4.69) is 28.2 Å². The summed E-state index contributed by atoms with van der Waals surface area (Å²) in [6.45, 7) is 4.94. The fraction of sp³-hybridized carbons (Fsp3) is 0.296. The van der Waals surface area contributed by atoms with Gasteiger partial charge in [-0.2, -0.15) is 0 Å². The number of carbonyl (C=O) groups is 1. The Bertz CT molecular complexity index is 1200. The molecule has 0 aliphatic carbocycles. The third-order valence-electron chi connectivity index (χ3n) is 6.72. The zero-order valence-electron chi connectivity index (χ0n) is 18.4. The second-order valence-electron chi connectivity index (χ2n) is 8.71. The molecular weight excluding hydrogens is 416 g/mol. The van der Waals surface area contributed by atoms with E-state index in [4.69, 9.17) is 4.74 Å². The van der Waals surface area contributed by atoms with Crippen LogP contribution in [0.3, 0.4) is 0 Å². The maximum atomic E-state index is 12.4. The fourth-order valence-electron chi connectivity index (χ4n) is 5.27. The number of para-hydroxylation sites is 1. The van der Waals surface area contributed by atoms with Crippen LogP contribution < -0.4 is 0 Å². The van der Waals surface area contributed by atoms with Crippen molar-refractivity contribution in [1.29, 1.82) is 0 Å². The molecule has 6 heteroatoms. The van der Waals surface area contributed by atoms with Gasteiger partial charge in [0.2, 0.25) is 0 Å². The Morgan fingerprint density at radius 1 is 1.12 bits per heavy atom. The van der Waals surface area contributed by atoms with Gasteiger partial charge in [0.1, 0.15) is 12.7 Å². The quantitative estimate of drug-likeness (QED) is 0.347. The molecule has 0 spiro atoms. The largest absolute Gasteiger partial charge is 0.461 e. The van der Waals surface area contributed by atoms with Crippen LogP contribution in [0.15, 0.2) is 73.3 Å². The van der Waals surface area contributed by atoms with Gasteiger partial charge >= 0.3 is 5.97 Å². The molecule has 0 radical (unpaired) electrons. The molecule has 33 heavy (non-hydrogen) atoms. The Kier molecular flexibility index (Phi) is 5.89. The lowest BCUT2D eigenvalue weighted by atomic mass is 9.86. The van der Waals surface area contributed by atoms with Crippen LogP contribution in [0.25, 0.3) is 17.0 Å². The standard InChI is InChI=1S/C27H28N2O4/c1-2-14-28-19(17-33-24(31)13-12-18-8-4-3-5-9-18)15-21-20-10-6-7-11-22(20)29-16-23(30)27(32)26(28)25(21)29/h2-13,19,23,26-27,30,32H,1,14-17H2/t19-,23+,26-,27-/m1/s1. The molecule has 2 aromatic carbocycles. The van der Waals surface area contributed by atoms with Gasteiger partial charge < -0.3 is 19.5 Å². The smallest absolute Gasteiger partial charge is 0.330 e. The molecule has 0 saturated heterocycles. The number of hydrogen-bond donors (Lipinski definition) is 2. The van der Waals surface area contributed by atoms with Gasteiger partial charge in [0.15, 0.2) is 0 Å². The molecule has 0 fully saturated rings. The van der Waals surface area contributed by atoms with Crippen molar-refractivity contribution in [1.82, 2.24) is 9.47 Å². The summed E-state index contributed by atoms with van der Waals surface area (Å²) in [6.07, 6.45) is 3.83. The van der Waals surface area contributed by atoms with Crippen molar-refractivity contribution in [2.24, 2.45) is 0 Å². The number of carbonyl (C=O) groups excluding carboxylic acids is 1. The van der Waals surface area contributed by atoms with Crippen LogP contribution in [-0.4, -0.2) is 57.1 Å². The summed E-state index contributed by atoms with van der Waals surface area (Å²) >= 11 is 0. The first-order chi connectivity index (χ1) is 16.1. The Labute approximate surface area is 193 Å². The van der Waals surface area contributed by atoms with E-state index >= 15 is 0 Å². The summed E-state index contributed by atoms with van der Waals surface area (Å²) in [6, 6.07) is 17.2. The summed E-state index contributed by atoms with van der Waals surface area (Å²) < 4.78 is 7.77. The number of aliphatic hydroxyl groups excluding tert-OH is 2. The minimum absolute atomic E-state index is 0.145. The number of ether oxygens (including phenoxy) is 1. The van der Waals surface area contributed by atoms with E-state index in [1.807, 2.05) is 42.5 Å². The maximum absolute atomic E-state index is 12.4. The number of fused-ring (bicyclic) bond motifs is 3. The number of nitrogens with zero attached hydrogens (tertiary/aromatic N) is 2. The normalized spacial score (nSPS) is 24.7. The van der Waals surface area contributed by atoms with Gasteiger partial charge in [0.05, 0.1) is 18.7 Å². The number of benzene rings is 2. The number of aromatic nitrogens is 1. The molecule has 1 aromatic heterocycles. The van der Waals surface area contributed by atoms with Crippen molar-refractivity contribution in [3.8, 4) is 0 Å². The van der Waals surface area contributed by atoms with Gasteiger partial charge in [-0.05, 0) is 29.7 Å². The van der Waals surface area contributed by atoms with Crippen molar-refractivity contribution in [2.75, 3.05) is 13.2 Å². The highest BCUT2D eigenvalue weighted by atomic mass is 16.5. The van der Waals surface area contributed by atoms with E-state index in [9.17, 15) is 15.0 Å². The number of hydrogen-bond acceptors (Lipinski definition) is 5. The Morgan fingerprint density at radius 3 is 2.67 bits per heavy atom. The van der Waals surface area contributed by atoms with Crippen molar-refractivity contribution in [2.45, 2.75) is 37.3 Å². The summed E-state index contributed by atoms with van der Waals surface area (Å²) in [4.78, 5) is 14.5. The summed E-state index contributed by atoms with van der Waals surface area (Å²) in [5.41, 5.74) is 4.18. The van der Waals surface area contributed by atoms with Crippen molar-refractivity contribution in [3.05, 3.63) is 90.1 Å². The first kappa shape index (κ1) is 21.6. The molecule has 4 atom stereocenters. The summed E-state index contributed by atoms with van der Waals surface area (Å²) in [5, 5.41) is 22.8. The first-order valence-corrected chi connectivity index (χ1v) is 11.3. The average molecular weight is 445 g/mol. The second-order valence-corrected chi connectivity index (χ2v) is 8.71. The molecule has 0 bridgehead atoms. The predicted molar refractivity (Wildman–Crippen MR) is 128 cm³/mol. The Morgan fingerprint density at radius 2 is 1.88 bits per heavy atom. The van der Waals surface area contributed by atoms with E-state index in [1.165, 1.54) is 6.08 Å². The van der Waals surface area contributed by atoms with Gasteiger partial charge in [0.25, 0.3) is 0 Å². The molecule has 0 saturated carbocycles. The highest BCUT2D eigenvalue weighted by Gasteiger charge is 2.46. The molecule has 3 aromatic rings. The molecule has 2 N–H and O–H groups in total. The predicted octanol–water partition coefficient (Wildman–Crippen LogP) is 3.09. The first-order valence-electron chi connectivity index (χ1n) is 11.3. The lowest BCUT2D eigenvalue weighted by Crippen LogP contribution is -2.55. The van der Waals surface area contributed by atoms with Gasteiger partial charge in [-0.3, -0.25) is 4.90 Å². The van der Waals surface area contributed by atoms with Crippen molar-refractivity contribution < 1.29 is 19.7 Å². The van der Waals surface area contributed by atoms with E-state index in [1.54, 1.807) is 12.2 Å². The molecule has 3 heterocycles. The van der Waals surface area contributed by atoms with E-state index in [-0.39, 0.29) is 12.6 Å². The molecule has 0 unspecified atom stereocenters. The number of aliphatic hydroxyl groups is 2. The van der Waals surface area contributed by atoms with Gasteiger partial charge in [-0.1, -0.05) is 54.6 Å². The molecule has 0 amide bonds. The Balaban J connectivity index is 1.44. The fourth-order valence-corrected chi connectivity index (χ4v) is 5.27. The van der Waals surface area contributed by atoms with Gasteiger partial charge in [0, 0.05) is 35.3 Å². The van der Waals surface area contributed by atoms with Crippen LogP contribution in [-0.2, 0) is 22.5 Å². The molecule has 2 aliphatic rings. The minimum atomic E-state index is -0.933. The Hall–Kier alpha value is -3.19. The zero-order chi connectivity index (χ0) is 22.9. The zero-order valence-corrected chi connectivity index (χ0v) is 18.4. The third kappa shape index (κ3) is 3.91. The SMILES string of the molecule is C=CCN1[C@@H](COC(=O)C=Cc2ccccc2)Cc2c3n(c4ccccc24)C[C@H](O)[C@@H](O)[C@@H]31. The lowest BCUT2D eigenvalue weighted by Gasteiger charge is -2.47. The monoisotopic (exact) mass is 444 g/mol. The van der Waals surface area contributed by atoms with Crippen molar-refractivity contribution in [3.63, 3.8) is 0 Å². The van der Waals surface area contributed by atoms with E-state index < -0.39 is 24.2 Å². The number of esters is 1. The average Bonchev–Trinajstić information content (AvgIpc) is 3.14. The van der Waals surface area contributed by atoms with E-state index in [0.29, 0.717) is 19.5 Å². The van der Waals surface area contributed by atoms with Gasteiger partial charge in [-0.15, -0.1) is 6.58 Å². The van der Waals surface area contributed by atoms with E-state index in [0.717, 1.165) is 27.7 Å². The van der Waals surface area contributed by atoms with Crippen LogP contribution >= 0.6 is 0 Å². The lowest BCUT2D eigenvalue weighted by molar-refractivity contribution is -0.141. The summed E-state index contributed by atoms with van der Waals surface area (Å²) in [7, 11) is 0. The van der Waals surface area contributed by atoms with Crippen LogP contribution in [0.4, 0.5) is 0 Å².